The highest BCUT2D eigenvalue weighted by Crippen LogP contribution is 2.57. The normalized spacial score (nSPS) is 17.3. The number of rotatable bonds is 5. The van der Waals surface area contributed by atoms with Crippen LogP contribution in [0.1, 0.15) is 35.6 Å². The van der Waals surface area contributed by atoms with E-state index in [4.69, 9.17) is 10.6 Å². The van der Waals surface area contributed by atoms with Gasteiger partial charge >= 0.3 is 0 Å². The standard InChI is InChI=1S/C18H22N2O/c1-13-8-9-16(21-2)15(12-13)17(20-19)18(10-11-18)14-6-4-3-5-7-14/h3-9,12,17,20H,10-11,19H2,1-2H3. The molecule has 1 aliphatic carbocycles. The molecule has 0 amide bonds. The minimum Gasteiger partial charge on any atom is -0.496 e. The van der Waals surface area contributed by atoms with E-state index in [1.165, 1.54) is 11.1 Å². The summed E-state index contributed by atoms with van der Waals surface area (Å²) in [5.41, 5.74) is 6.82. The molecule has 0 aliphatic heterocycles. The highest BCUT2D eigenvalue weighted by Gasteiger charge is 2.51. The Bertz CT molecular complexity index is 620. The number of methoxy groups -OCH3 is 1. The second kappa shape index (κ2) is 5.51. The highest BCUT2D eigenvalue weighted by atomic mass is 16.5. The number of nitrogens with two attached hydrogens (primary N) is 1. The molecule has 3 N–H and O–H groups in total. The molecule has 0 spiro atoms. The molecule has 0 radical (unpaired) electrons. The SMILES string of the molecule is COc1ccc(C)cc1C(NN)C1(c2ccccc2)CC1. The van der Waals surface area contributed by atoms with Crippen LogP contribution in [0.2, 0.25) is 0 Å². The maximum Gasteiger partial charge on any atom is 0.123 e. The van der Waals surface area contributed by atoms with E-state index in [2.05, 4.69) is 54.8 Å². The van der Waals surface area contributed by atoms with Crippen molar-refractivity contribution in [3.05, 3.63) is 65.2 Å². The van der Waals surface area contributed by atoms with E-state index in [0.717, 1.165) is 24.2 Å². The lowest BCUT2D eigenvalue weighted by Crippen LogP contribution is -2.37. The Hall–Kier alpha value is -1.84. The van der Waals surface area contributed by atoms with Gasteiger partial charge in [-0.05, 0) is 31.4 Å². The van der Waals surface area contributed by atoms with Gasteiger partial charge in [0.05, 0.1) is 13.2 Å². The predicted molar refractivity (Wildman–Crippen MR) is 85.1 cm³/mol. The van der Waals surface area contributed by atoms with E-state index in [0.29, 0.717) is 0 Å². The van der Waals surface area contributed by atoms with E-state index in [1.807, 2.05) is 6.07 Å². The van der Waals surface area contributed by atoms with Gasteiger partial charge in [0, 0.05) is 11.0 Å². The zero-order valence-electron chi connectivity index (χ0n) is 12.6. The first kappa shape index (κ1) is 14.1. The molecule has 110 valence electrons. The molecule has 1 aliphatic rings. The van der Waals surface area contributed by atoms with Crippen LogP contribution in [0.25, 0.3) is 0 Å². The Balaban J connectivity index is 2.05. The van der Waals surface area contributed by atoms with Gasteiger partial charge < -0.3 is 4.74 Å². The summed E-state index contributed by atoms with van der Waals surface area (Å²) >= 11 is 0. The molecule has 0 aromatic heterocycles. The van der Waals surface area contributed by atoms with Gasteiger partial charge in [-0.1, -0.05) is 48.0 Å². The Morgan fingerprint density at radius 2 is 1.86 bits per heavy atom. The third-order valence-electron chi connectivity index (χ3n) is 4.55. The lowest BCUT2D eigenvalue weighted by molar-refractivity contribution is 0.379. The third-order valence-corrected chi connectivity index (χ3v) is 4.55. The van der Waals surface area contributed by atoms with Crippen LogP contribution < -0.4 is 16.0 Å². The minimum absolute atomic E-state index is 0.0646. The zero-order valence-corrected chi connectivity index (χ0v) is 12.6. The van der Waals surface area contributed by atoms with Crippen LogP contribution in [0, 0.1) is 6.92 Å². The Labute approximate surface area is 126 Å². The first-order valence-electron chi connectivity index (χ1n) is 7.37. The van der Waals surface area contributed by atoms with Crippen LogP contribution in [-0.4, -0.2) is 7.11 Å². The molecule has 0 saturated heterocycles. The number of aryl methyl sites for hydroxylation is 1. The Morgan fingerprint density at radius 1 is 1.14 bits per heavy atom. The summed E-state index contributed by atoms with van der Waals surface area (Å²) in [4.78, 5) is 0. The van der Waals surface area contributed by atoms with E-state index in [1.54, 1.807) is 7.11 Å². The van der Waals surface area contributed by atoms with Gasteiger partial charge in [0.15, 0.2) is 0 Å². The van der Waals surface area contributed by atoms with Crippen molar-refractivity contribution >= 4 is 0 Å². The molecule has 2 aromatic rings. The van der Waals surface area contributed by atoms with Crippen molar-refractivity contribution in [1.29, 1.82) is 0 Å². The van der Waals surface area contributed by atoms with Crippen LogP contribution >= 0.6 is 0 Å². The molecule has 3 nitrogen and oxygen atoms in total. The van der Waals surface area contributed by atoms with Gasteiger partial charge in [-0.25, -0.2) is 0 Å². The highest BCUT2D eigenvalue weighted by molar-refractivity contribution is 5.45. The van der Waals surface area contributed by atoms with Gasteiger partial charge in [-0.2, -0.15) is 0 Å². The van der Waals surface area contributed by atoms with Gasteiger partial charge in [0.2, 0.25) is 0 Å². The lowest BCUT2D eigenvalue weighted by Gasteiger charge is -2.29. The summed E-state index contributed by atoms with van der Waals surface area (Å²) in [6, 6.07) is 17.0. The topological polar surface area (TPSA) is 47.3 Å². The maximum absolute atomic E-state index is 5.94. The van der Waals surface area contributed by atoms with Crippen LogP contribution in [0.4, 0.5) is 0 Å². The van der Waals surface area contributed by atoms with Crippen molar-refractivity contribution in [2.45, 2.75) is 31.2 Å². The smallest absolute Gasteiger partial charge is 0.123 e. The number of nitrogens with one attached hydrogen (secondary N) is 1. The molecule has 0 bridgehead atoms. The average molecular weight is 282 g/mol. The summed E-state index contributed by atoms with van der Waals surface area (Å²) in [6.45, 7) is 2.10. The van der Waals surface area contributed by atoms with Crippen molar-refractivity contribution in [1.82, 2.24) is 5.43 Å². The van der Waals surface area contributed by atoms with Gasteiger partial charge in [-0.3, -0.25) is 11.3 Å². The fraction of sp³-hybridized carbons (Fsp3) is 0.333. The Kier molecular flexibility index (Phi) is 3.70. The zero-order chi connectivity index (χ0) is 14.9. The lowest BCUT2D eigenvalue weighted by atomic mass is 9.83. The van der Waals surface area contributed by atoms with Crippen molar-refractivity contribution < 1.29 is 4.74 Å². The van der Waals surface area contributed by atoms with Crippen molar-refractivity contribution in [2.75, 3.05) is 7.11 Å². The summed E-state index contributed by atoms with van der Waals surface area (Å²) < 4.78 is 5.55. The molecule has 1 unspecified atom stereocenters. The Morgan fingerprint density at radius 3 is 2.43 bits per heavy atom. The molecule has 1 fully saturated rings. The number of ether oxygens (including phenoxy) is 1. The van der Waals surface area contributed by atoms with E-state index in [-0.39, 0.29) is 11.5 Å². The average Bonchev–Trinajstić information content (AvgIpc) is 3.31. The maximum atomic E-state index is 5.94. The van der Waals surface area contributed by atoms with Crippen molar-refractivity contribution in [3.63, 3.8) is 0 Å². The van der Waals surface area contributed by atoms with Crippen LogP contribution in [-0.2, 0) is 5.41 Å². The van der Waals surface area contributed by atoms with Crippen LogP contribution in [0.3, 0.4) is 0 Å². The monoisotopic (exact) mass is 282 g/mol. The quantitative estimate of drug-likeness (QED) is 0.654. The number of benzene rings is 2. The van der Waals surface area contributed by atoms with Crippen molar-refractivity contribution in [2.24, 2.45) is 5.84 Å². The van der Waals surface area contributed by atoms with Gasteiger partial charge in [-0.15, -0.1) is 0 Å². The number of hydrazine groups is 1. The van der Waals surface area contributed by atoms with Crippen LogP contribution in [0.15, 0.2) is 48.5 Å². The van der Waals surface area contributed by atoms with Gasteiger partial charge in [0.25, 0.3) is 0 Å². The molecule has 21 heavy (non-hydrogen) atoms. The summed E-state index contributed by atoms with van der Waals surface area (Å²) in [5.74, 6) is 6.83. The van der Waals surface area contributed by atoms with Crippen molar-refractivity contribution in [3.8, 4) is 5.75 Å². The molecule has 1 atom stereocenters. The van der Waals surface area contributed by atoms with E-state index < -0.39 is 0 Å². The van der Waals surface area contributed by atoms with E-state index >= 15 is 0 Å². The third kappa shape index (κ3) is 2.43. The fourth-order valence-electron chi connectivity index (χ4n) is 3.28. The molecule has 3 heteroatoms. The largest absolute Gasteiger partial charge is 0.496 e. The summed E-state index contributed by atoms with van der Waals surface area (Å²) in [6.07, 6.45) is 2.28. The second-order valence-corrected chi connectivity index (χ2v) is 5.87. The summed E-state index contributed by atoms with van der Waals surface area (Å²) in [5, 5.41) is 0. The molecular formula is C18H22N2O. The van der Waals surface area contributed by atoms with E-state index in [9.17, 15) is 0 Å². The molecule has 1 saturated carbocycles. The first-order chi connectivity index (χ1) is 10.2. The van der Waals surface area contributed by atoms with Gasteiger partial charge in [0.1, 0.15) is 5.75 Å². The molecular weight excluding hydrogens is 260 g/mol. The molecule has 2 aromatic carbocycles. The fourth-order valence-corrected chi connectivity index (χ4v) is 3.28. The van der Waals surface area contributed by atoms with Crippen LogP contribution in [0.5, 0.6) is 5.75 Å². The first-order valence-corrected chi connectivity index (χ1v) is 7.37. The number of hydrogen-bond donors (Lipinski definition) is 2. The predicted octanol–water partition coefficient (Wildman–Crippen LogP) is 3.24. The molecule has 3 rings (SSSR count). The summed E-state index contributed by atoms with van der Waals surface area (Å²) in [7, 11) is 1.71. The second-order valence-electron chi connectivity index (χ2n) is 5.87. The minimum atomic E-state index is 0.0646. The molecule has 0 heterocycles. The number of hydrogen-bond acceptors (Lipinski definition) is 3.